The molecule has 0 aliphatic heterocycles. The Labute approximate surface area is 132 Å². The van der Waals surface area contributed by atoms with Crippen molar-refractivity contribution < 1.29 is 9.53 Å². The zero-order valence-corrected chi connectivity index (χ0v) is 13.0. The molecule has 3 aromatic rings. The Bertz CT molecular complexity index is 748. The van der Waals surface area contributed by atoms with Gasteiger partial charge in [-0.25, -0.2) is 4.98 Å². The van der Waals surface area contributed by atoms with E-state index in [2.05, 4.69) is 10.3 Å². The summed E-state index contributed by atoms with van der Waals surface area (Å²) < 4.78 is 6.50. The molecule has 1 amide bonds. The van der Waals surface area contributed by atoms with E-state index in [1.165, 1.54) is 0 Å². The van der Waals surface area contributed by atoms with Gasteiger partial charge in [-0.05, 0) is 43.3 Å². The van der Waals surface area contributed by atoms with Gasteiger partial charge in [0.25, 0.3) is 5.91 Å². The third-order valence-electron chi connectivity index (χ3n) is 3.17. The van der Waals surface area contributed by atoms with Crippen LogP contribution in [0.2, 0.25) is 0 Å². The lowest BCUT2D eigenvalue weighted by Gasteiger charge is -2.05. The van der Waals surface area contributed by atoms with E-state index in [9.17, 15) is 4.79 Å². The van der Waals surface area contributed by atoms with Gasteiger partial charge in [0.1, 0.15) is 10.8 Å². The Morgan fingerprint density at radius 1 is 1.18 bits per heavy atom. The minimum Gasteiger partial charge on any atom is -0.494 e. The van der Waals surface area contributed by atoms with Gasteiger partial charge in [0, 0.05) is 5.56 Å². The van der Waals surface area contributed by atoms with E-state index < -0.39 is 0 Å². The van der Waals surface area contributed by atoms with Crippen molar-refractivity contribution in [2.75, 3.05) is 6.61 Å². The van der Waals surface area contributed by atoms with E-state index in [-0.39, 0.29) is 5.91 Å². The van der Waals surface area contributed by atoms with Gasteiger partial charge >= 0.3 is 0 Å². The Morgan fingerprint density at radius 3 is 2.68 bits per heavy atom. The number of aromatic nitrogens is 1. The van der Waals surface area contributed by atoms with Crippen LogP contribution in [0.3, 0.4) is 0 Å². The normalized spacial score (nSPS) is 10.6. The number of nitrogens with zero attached hydrogens (tertiary/aromatic N) is 1. The third kappa shape index (κ3) is 3.26. The van der Waals surface area contributed by atoms with Crippen molar-refractivity contribution in [3.8, 4) is 5.75 Å². The summed E-state index contributed by atoms with van der Waals surface area (Å²) in [5, 5.41) is 3.80. The molecule has 0 unspecified atom stereocenters. The molecule has 0 spiro atoms. The first-order chi connectivity index (χ1) is 10.8. The predicted molar refractivity (Wildman–Crippen MR) is 88.4 cm³/mol. The van der Waals surface area contributed by atoms with Gasteiger partial charge in [0.05, 0.1) is 23.4 Å². The molecule has 22 heavy (non-hydrogen) atoms. The molecule has 0 atom stereocenters. The van der Waals surface area contributed by atoms with Crippen LogP contribution < -0.4 is 10.1 Å². The zero-order valence-electron chi connectivity index (χ0n) is 12.2. The molecular formula is C17H16N2O2S. The molecule has 4 nitrogen and oxygen atoms in total. The molecule has 1 aromatic heterocycles. The van der Waals surface area contributed by atoms with E-state index in [0.717, 1.165) is 21.0 Å². The van der Waals surface area contributed by atoms with E-state index in [1.54, 1.807) is 35.6 Å². The SMILES string of the molecule is CCOc1ccc(C(=O)NCc2nc3ccccc3s2)cc1. The maximum absolute atomic E-state index is 12.1. The van der Waals surface area contributed by atoms with Gasteiger partial charge in [-0.1, -0.05) is 12.1 Å². The lowest BCUT2D eigenvalue weighted by atomic mass is 10.2. The third-order valence-corrected chi connectivity index (χ3v) is 4.20. The monoisotopic (exact) mass is 312 g/mol. The molecule has 0 aliphatic carbocycles. The van der Waals surface area contributed by atoms with E-state index in [4.69, 9.17) is 4.74 Å². The van der Waals surface area contributed by atoms with Crippen molar-refractivity contribution in [1.29, 1.82) is 0 Å². The minimum atomic E-state index is -0.109. The smallest absolute Gasteiger partial charge is 0.251 e. The van der Waals surface area contributed by atoms with Crippen molar-refractivity contribution >= 4 is 27.5 Å². The number of ether oxygens (including phenoxy) is 1. The first-order valence-corrected chi connectivity index (χ1v) is 7.93. The fraction of sp³-hybridized carbons (Fsp3) is 0.176. The van der Waals surface area contributed by atoms with Crippen molar-refractivity contribution in [3.63, 3.8) is 0 Å². The number of hydrogen-bond donors (Lipinski definition) is 1. The molecule has 3 rings (SSSR count). The highest BCUT2D eigenvalue weighted by atomic mass is 32.1. The minimum absolute atomic E-state index is 0.109. The average molecular weight is 312 g/mol. The van der Waals surface area contributed by atoms with E-state index in [0.29, 0.717) is 18.7 Å². The van der Waals surface area contributed by atoms with E-state index >= 15 is 0 Å². The summed E-state index contributed by atoms with van der Waals surface area (Å²) in [7, 11) is 0. The van der Waals surface area contributed by atoms with Gasteiger partial charge in [-0.2, -0.15) is 0 Å². The highest BCUT2D eigenvalue weighted by Crippen LogP contribution is 2.21. The second-order valence-corrected chi connectivity index (χ2v) is 5.83. The van der Waals surface area contributed by atoms with Gasteiger partial charge in [-0.15, -0.1) is 11.3 Å². The van der Waals surface area contributed by atoms with Crippen LogP contribution in [-0.2, 0) is 6.54 Å². The van der Waals surface area contributed by atoms with Crippen LogP contribution in [0.5, 0.6) is 5.75 Å². The van der Waals surface area contributed by atoms with Crippen LogP contribution in [0.15, 0.2) is 48.5 Å². The molecule has 0 radical (unpaired) electrons. The largest absolute Gasteiger partial charge is 0.494 e. The number of thiazole rings is 1. The van der Waals surface area contributed by atoms with Crippen LogP contribution in [-0.4, -0.2) is 17.5 Å². The first-order valence-electron chi connectivity index (χ1n) is 7.12. The van der Waals surface area contributed by atoms with Crippen LogP contribution in [0.25, 0.3) is 10.2 Å². The van der Waals surface area contributed by atoms with Gasteiger partial charge in [-0.3, -0.25) is 4.79 Å². The summed E-state index contributed by atoms with van der Waals surface area (Å²) in [6.07, 6.45) is 0. The molecule has 1 heterocycles. The summed E-state index contributed by atoms with van der Waals surface area (Å²) >= 11 is 1.60. The topological polar surface area (TPSA) is 51.2 Å². The Kier molecular flexibility index (Phi) is 4.34. The molecule has 1 N–H and O–H groups in total. The molecule has 0 aliphatic rings. The summed E-state index contributed by atoms with van der Waals surface area (Å²) in [6, 6.07) is 15.1. The summed E-state index contributed by atoms with van der Waals surface area (Å²) in [5.74, 6) is 0.660. The van der Waals surface area contributed by atoms with Gasteiger partial charge < -0.3 is 10.1 Å². The predicted octanol–water partition coefficient (Wildman–Crippen LogP) is 3.63. The van der Waals surface area contributed by atoms with Crippen LogP contribution >= 0.6 is 11.3 Å². The Hall–Kier alpha value is -2.40. The van der Waals surface area contributed by atoms with Gasteiger partial charge in [0.15, 0.2) is 0 Å². The lowest BCUT2D eigenvalue weighted by Crippen LogP contribution is -2.22. The van der Waals surface area contributed by atoms with Gasteiger partial charge in [0.2, 0.25) is 0 Å². The van der Waals surface area contributed by atoms with Crippen molar-refractivity contribution in [2.45, 2.75) is 13.5 Å². The summed E-state index contributed by atoms with van der Waals surface area (Å²) in [5.41, 5.74) is 1.59. The fourth-order valence-electron chi connectivity index (χ4n) is 2.12. The standard InChI is InChI=1S/C17H16N2O2S/c1-2-21-13-9-7-12(8-10-13)17(20)18-11-16-19-14-5-3-4-6-15(14)22-16/h3-10H,2,11H2,1H3,(H,18,20). The summed E-state index contributed by atoms with van der Waals surface area (Å²) in [4.78, 5) is 16.6. The number of fused-ring (bicyclic) bond motifs is 1. The zero-order chi connectivity index (χ0) is 15.4. The number of carbonyl (C=O) groups is 1. The molecule has 5 heteroatoms. The molecule has 0 fully saturated rings. The second kappa shape index (κ2) is 6.58. The van der Waals surface area contributed by atoms with E-state index in [1.807, 2.05) is 31.2 Å². The lowest BCUT2D eigenvalue weighted by molar-refractivity contribution is 0.0951. The quantitative estimate of drug-likeness (QED) is 0.783. The maximum Gasteiger partial charge on any atom is 0.251 e. The number of nitrogens with one attached hydrogen (secondary N) is 1. The number of amides is 1. The van der Waals surface area contributed by atoms with Crippen molar-refractivity contribution in [1.82, 2.24) is 10.3 Å². The average Bonchev–Trinajstić information content (AvgIpc) is 2.96. The second-order valence-electron chi connectivity index (χ2n) is 4.72. The van der Waals surface area contributed by atoms with Crippen molar-refractivity contribution in [2.24, 2.45) is 0 Å². The molecule has 112 valence electrons. The highest BCUT2D eigenvalue weighted by molar-refractivity contribution is 7.18. The maximum atomic E-state index is 12.1. The first kappa shape index (κ1) is 14.5. The molecule has 0 saturated carbocycles. The molecule has 0 bridgehead atoms. The molecule has 0 saturated heterocycles. The summed E-state index contributed by atoms with van der Waals surface area (Å²) in [6.45, 7) is 2.98. The molecule has 2 aromatic carbocycles. The highest BCUT2D eigenvalue weighted by Gasteiger charge is 2.08. The Morgan fingerprint density at radius 2 is 1.95 bits per heavy atom. The number of carbonyl (C=O) groups excluding carboxylic acids is 1. The van der Waals surface area contributed by atoms with Crippen LogP contribution in [0.4, 0.5) is 0 Å². The number of hydrogen-bond acceptors (Lipinski definition) is 4. The van der Waals surface area contributed by atoms with Crippen LogP contribution in [0, 0.1) is 0 Å². The van der Waals surface area contributed by atoms with Crippen molar-refractivity contribution in [3.05, 3.63) is 59.1 Å². The Balaban J connectivity index is 1.64. The number of benzene rings is 2. The fourth-order valence-corrected chi connectivity index (χ4v) is 3.03. The molecular weight excluding hydrogens is 296 g/mol. The number of para-hydroxylation sites is 1. The number of rotatable bonds is 5. The van der Waals surface area contributed by atoms with Crippen LogP contribution in [0.1, 0.15) is 22.3 Å².